The first-order chi connectivity index (χ1) is 8.59. The van der Waals surface area contributed by atoms with E-state index in [1.54, 1.807) is 0 Å². The van der Waals surface area contributed by atoms with Gasteiger partial charge in [-0.25, -0.2) is 0 Å². The smallest absolute Gasteiger partial charge is 0.0340 e. The van der Waals surface area contributed by atoms with E-state index in [1.165, 1.54) is 35.1 Å². The molecule has 0 radical (unpaired) electrons. The summed E-state index contributed by atoms with van der Waals surface area (Å²) in [6.07, 6.45) is 5.08. The van der Waals surface area contributed by atoms with Crippen LogP contribution in [-0.4, -0.2) is 11.3 Å². The second kappa shape index (κ2) is 5.56. The van der Waals surface area contributed by atoms with Crippen LogP contribution < -0.4 is 5.73 Å². The summed E-state index contributed by atoms with van der Waals surface area (Å²) in [6, 6.07) is 8.46. The summed E-state index contributed by atoms with van der Waals surface area (Å²) in [4.78, 5) is 1.32. The predicted octanol–water partition coefficient (Wildman–Crippen LogP) is 4.84. The van der Waals surface area contributed by atoms with Crippen LogP contribution in [0.5, 0.6) is 0 Å². The Labute approximate surface area is 123 Å². The molecular weight excluding hydrogens is 306 g/mol. The normalized spacial score (nSPS) is 20.4. The molecule has 100 valence electrons. The van der Waals surface area contributed by atoms with E-state index in [0.717, 1.165) is 6.54 Å². The van der Waals surface area contributed by atoms with Crippen molar-refractivity contribution in [3.8, 4) is 0 Å². The monoisotopic (exact) mass is 327 g/mol. The van der Waals surface area contributed by atoms with Crippen molar-refractivity contribution in [1.82, 2.24) is 0 Å². The van der Waals surface area contributed by atoms with E-state index in [1.807, 2.05) is 11.8 Å². The second-order valence-electron chi connectivity index (χ2n) is 5.48. The maximum absolute atomic E-state index is 6.06. The van der Waals surface area contributed by atoms with Crippen molar-refractivity contribution in [2.75, 3.05) is 6.54 Å². The zero-order chi connectivity index (χ0) is 13.2. The molecule has 3 heteroatoms. The van der Waals surface area contributed by atoms with Crippen LogP contribution in [0.4, 0.5) is 0 Å². The van der Waals surface area contributed by atoms with Gasteiger partial charge in [-0.2, -0.15) is 0 Å². The fraction of sp³-hybridized carbons (Fsp3) is 0.600. The van der Waals surface area contributed by atoms with Gasteiger partial charge in [0.2, 0.25) is 0 Å². The molecule has 1 aromatic carbocycles. The van der Waals surface area contributed by atoms with Crippen LogP contribution in [0.2, 0.25) is 0 Å². The molecule has 1 nitrogen and oxygen atoms in total. The largest absolute Gasteiger partial charge is 0.329 e. The summed E-state index contributed by atoms with van der Waals surface area (Å²) in [6.45, 7) is 5.40. The van der Waals surface area contributed by atoms with Crippen LogP contribution in [0.25, 0.3) is 0 Å². The zero-order valence-corrected chi connectivity index (χ0v) is 13.6. The Balaban J connectivity index is 2.11. The molecule has 0 atom stereocenters. The number of halogens is 1. The van der Waals surface area contributed by atoms with Crippen LogP contribution in [-0.2, 0) is 0 Å². The van der Waals surface area contributed by atoms with Gasteiger partial charge in [-0.1, -0.05) is 38.8 Å². The molecule has 18 heavy (non-hydrogen) atoms. The molecule has 1 aliphatic rings. The van der Waals surface area contributed by atoms with Gasteiger partial charge in [-0.15, -0.1) is 11.8 Å². The number of hydrogen-bond donors (Lipinski definition) is 1. The molecule has 0 spiro atoms. The summed E-state index contributed by atoms with van der Waals surface area (Å²) in [5.41, 5.74) is 6.61. The molecular formula is C15H22BrNS. The average Bonchev–Trinajstić information content (AvgIpc) is 2.36. The van der Waals surface area contributed by atoms with Gasteiger partial charge in [0.15, 0.2) is 0 Å². The predicted molar refractivity (Wildman–Crippen MR) is 84.0 cm³/mol. The molecule has 2 N–H and O–H groups in total. The van der Waals surface area contributed by atoms with Crippen molar-refractivity contribution in [2.45, 2.75) is 49.2 Å². The minimum atomic E-state index is 0.260. The second-order valence-corrected chi connectivity index (χ2v) is 7.84. The number of rotatable bonds is 5. The molecule has 0 heterocycles. The molecule has 0 saturated heterocycles. The van der Waals surface area contributed by atoms with E-state index in [2.05, 4.69) is 54.0 Å². The highest BCUT2D eigenvalue weighted by atomic mass is 79.9. The first-order valence-electron chi connectivity index (χ1n) is 6.72. The Hall–Kier alpha value is 0.01000. The van der Waals surface area contributed by atoms with Crippen molar-refractivity contribution >= 4 is 27.7 Å². The Morgan fingerprint density at radius 3 is 2.33 bits per heavy atom. The van der Waals surface area contributed by atoms with Crippen LogP contribution in [0, 0.1) is 5.41 Å². The van der Waals surface area contributed by atoms with Gasteiger partial charge in [-0.05, 0) is 46.3 Å². The highest BCUT2D eigenvalue weighted by molar-refractivity contribution is 9.10. The minimum absolute atomic E-state index is 0.260. The van der Waals surface area contributed by atoms with E-state index < -0.39 is 0 Å². The molecule has 2 rings (SSSR count). The Kier molecular flexibility index (Phi) is 4.45. The lowest BCUT2D eigenvalue weighted by molar-refractivity contribution is 0.0750. The lowest BCUT2D eigenvalue weighted by atomic mass is 9.58. The Morgan fingerprint density at radius 2 is 1.83 bits per heavy atom. The summed E-state index contributed by atoms with van der Waals surface area (Å²) < 4.78 is 1.45. The lowest BCUT2D eigenvalue weighted by Gasteiger charge is -2.55. The number of thioether (sulfide) groups is 1. The van der Waals surface area contributed by atoms with Crippen molar-refractivity contribution in [3.63, 3.8) is 0 Å². The summed E-state index contributed by atoms with van der Waals surface area (Å²) in [5, 5.41) is 0. The lowest BCUT2D eigenvalue weighted by Crippen LogP contribution is -2.53. The summed E-state index contributed by atoms with van der Waals surface area (Å²) in [5.74, 6) is 0. The maximum atomic E-state index is 6.06. The SMILES string of the molecule is CCC1(CC)CC(CN)(Sc2ccccc2Br)C1. The van der Waals surface area contributed by atoms with Crippen molar-refractivity contribution in [1.29, 1.82) is 0 Å². The fourth-order valence-corrected chi connectivity index (χ4v) is 5.23. The molecule has 0 amide bonds. The van der Waals surface area contributed by atoms with Gasteiger partial charge in [0.1, 0.15) is 0 Å². The molecule has 0 aromatic heterocycles. The molecule has 1 aliphatic carbocycles. The maximum Gasteiger partial charge on any atom is 0.0340 e. The quantitative estimate of drug-likeness (QED) is 0.837. The summed E-state index contributed by atoms with van der Waals surface area (Å²) in [7, 11) is 0. The molecule has 1 aromatic rings. The third-order valence-electron chi connectivity index (χ3n) is 4.43. The third-order valence-corrected chi connectivity index (χ3v) is 6.85. The van der Waals surface area contributed by atoms with E-state index in [4.69, 9.17) is 5.73 Å². The van der Waals surface area contributed by atoms with E-state index >= 15 is 0 Å². The molecule has 0 bridgehead atoms. The molecule has 1 fully saturated rings. The van der Waals surface area contributed by atoms with Crippen LogP contribution in [0.3, 0.4) is 0 Å². The minimum Gasteiger partial charge on any atom is -0.329 e. The standard InChI is InChI=1S/C15H22BrNS/c1-3-14(4-2)9-15(10-14,11-17)18-13-8-6-5-7-12(13)16/h5-8H,3-4,9-11,17H2,1-2H3. The molecule has 1 saturated carbocycles. The fourth-order valence-electron chi connectivity index (χ4n) is 3.08. The van der Waals surface area contributed by atoms with Crippen molar-refractivity contribution in [2.24, 2.45) is 11.1 Å². The molecule has 0 unspecified atom stereocenters. The number of nitrogens with two attached hydrogens (primary N) is 1. The van der Waals surface area contributed by atoms with Gasteiger partial charge in [0.25, 0.3) is 0 Å². The van der Waals surface area contributed by atoms with E-state index in [9.17, 15) is 0 Å². The van der Waals surface area contributed by atoms with Crippen LogP contribution >= 0.6 is 27.7 Å². The topological polar surface area (TPSA) is 26.0 Å². The van der Waals surface area contributed by atoms with Gasteiger partial charge in [0, 0.05) is 20.7 Å². The average molecular weight is 328 g/mol. The zero-order valence-electron chi connectivity index (χ0n) is 11.2. The van der Waals surface area contributed by atoms with Gasteiger partial charge < -0.3 is 5.73 Å². The molecule has 0 aliphatic heterocycles. The van der Waals surface area contributed by atoms with Crippen molar-refractivity contribution < 1.29 is 0 Å². The Bertz CT molecular complexity index is 407. The first kappa shape index (κ1) is 14.4. The van der Waals surface area contributed by atoms with E-state index in [0.29, 0.717) is 5.41 Å². The highest BCUT2D eigenvalue weighted by Crippen LogP contribution is 2.60. The summed E-state index contributed by atoms with van der Waals surface area (Å²) >= 11 is 5.60. The first-order valence-corrected chi connectivity index (χ1v) is 8.33. The highest BCUT2D eigenvalue weighted by Gasteiger charge is 2.52. The van der Waals surface area contributed by atoms with Gasteiger partial charge >= 0.3 is 0 Å². The van der Waals surface area contributed by atoms with Crippen LogP contribution in [0.15, 0.2) is 33.6 Å². The number of hydrogen-bond acceptors (Lipinski definition) is 2. The number of benzene rings is 1. The van der Waals surface area contributed by atoms with E-state index in [-0.39, 0.29) is 4.75 Å². The van der Waals surface area contributed by atoms with Gasteiger partial charge in [-0.3, -0.25) is 0 Å². The van der Waals surface area contributed by atoms with Crippen molar-refractivity contribution in [3.05, 3.63) is 28.7 Å². The Morgan fingerprint density at radius 1 is 1.22 bits per heavy atom. The van der Waals surface area contributed by atoms with Crippen LogP contribution in [0.1, 0.15) is 39.5 Å². The van der Waals surface area contributed by atoms with Gasteiger partial charge in [0.05, 0.1) is 0 Å². The third kappa shape index (κ3) is 2.63.